The number of para-hydroxylation sites is 1. The summed E-state index contributed by atoms with van der Waals surface area (Å²) in [5, 5.41) is 2.89. The highest BCUT2D eigenvalue weighted by Gasteiger charge is 2.11. The Hall–Kier alpha value is -3.40. The summed E-state index contributed by atoms with van der Waals surface area (Å²) in [7, 11) is 0. The number of hydrogen-bond acceptors (Lipinski definition) is 3. The van der Waals surface area contributed by atoms with Crippen molar-refractivity contribution in [3.8, 4) is 5.75 Å². The number of rotatable bonds is 6. The fraction of sp³-hybridized carbons (Fsp3) is 0.286. The molecular formula is C28H36N2O2. The van der Waals surface area contributed by atoms with Crippen molar-refractivity contribution in [1.82, 2.24) is 4.98 Å². The topological polar surface area (TPSA) is 51.2 Å². The van der Waals surface area contributed by atoms with Crippen molar-refractivity contribution in [2.75, 3.05) is 5.32 Å². The summed E-state index contributed by atoms with van der Waals surface area (Å²) in [5.74, 6) is 0.703. The van der Waals surface area contributed by atoms with Gasteiger partial charge in [0.05, 0.1) is 6.42 Å². The van der Waals surface area contributed by atoms with E-state index in [1.807, 2.05) is 101 Å². The predicted molar refractivity (Wildman–Crippen MR) is 136 cm³/mol. The summed E-state index contributed by atoms with van der Waals surface area (Å²) in [4.78, 5) is 16.0. The zero-order valence-corrected chi connectivity index (χ0v) is 20.2. The van der Waals surface area contributed by atoms with Crippen LogP contribution >= 0.6 is 0 Å². The first-order valence-electron chi connectivity index (χ1n) is 11.0. The van der Waals surface area contributed by atoms with E-state index in [1.165, 1.54) is 11.1 Å². The Balaban J connectivity index is 0.000000427. The van der Waals surface area contributed by atoms with Crippen molar-refractivity contribution in [3.05, 3.63) is 96.3 Å². The molecule has 0 spiro atoms. The summed E-state index contributed by atoms with van der Waals surface area (Å²) in [6.45, 7) is 15.9. The van der Waals surface area contributed by atoms with Gasteiger partial charge in [0.15, 0.2) is 0 Å². The molecule has 4 heteroatoms. The second kappa shape index (κ2) is 14.6. The lowest BCUT2D eigenvalue weighted by atomic mass is 10.1. The molecule has 0 saturated heterocycles. The van der Waals surface area contributed by atoms with Crippen LogP contribution in [-0.2, 0) is 4.79 Å². The van der Waals surface area contributed by atoms with Crippen LogP contribution in [0.5, 0.6) is 5.75 Å². The molecule has 0 saturated carbocycles. The first-order chi connectivity index (χ1) is 15.3. The van der Waals surface area contributed by atoms with Crippen molar-refractivity contribution in [2.24, 2.45) is 0 Å². The highest BCUT2D eigenvalue weighted by molar-refractivity contribution is 5.91. The van der Waals surface area contributed by atoms with E-state index >= 15 is 0 Å². The number of carbonyl (C=O) groups is 1. The number of allylic oxidation sites excluding steroid dienone is 1. The third kappa shape index (κ3) is 10.1. The number of nitrogens with one attached hydrogen (secondary N) is 1. The number of aromatic nitrogens is 1. The molecule has 0 aliphatic heterocycles. The molecule has 170 valence electrons. The van der Waals surface area contributed by atoms with Crippen LogP contribution in [0, 0.1) is 13.8 Å². The van der Waals surface area contributed by atoms with E-state index in [2.05, 4.69) is 30.7 Å². The maximum Gasteiger partial charge on any atom is 0.228 e. The molecule has 0 radical (unpaired) electrons. The third-order valence-corrected chi connectivity index (χ3v) is 4.49. The fourth-order valence-electron chi connectivity index (χ4n) is 2.65. The molecule has 0 aliphatic carbocycles. The normalized spacial score (nSPS) is 10.4. The summed E-state index contributed by atoms with van der Waals surface area (Å²) in [5.41, 5.74) is 5.33. The SMILES string of the molecule is C=C(C)c1cccc(NC(=O)CC(C)Oc2ccccc2)c1.CC.Cc1ccncc1C. The Morgan fingerprint density at radius 1 is 1.03 bits per heavy atom. The molecule has 1 N–H and O–H groups in total. The summed E-state index contributed by atoms with van der Waals surface area (Å²) < 4.78 is 5.71. The molecule has 1 atom stereocenters. The minimum atomic E-state index is -0.188. The van der Waals surface area contributed by atoms with Crippen molar-refractivity contribution < 1.29 is 9.53 Å². The minimum absolute atomic E-state index is 0.0673. The van der Waals surface area contributed by atoms with E-state index in [1.54, 1.807) is 0 Å². The number of amides is 1. The Labute approximate surface area is 193 Å². The second-order valence-electron chi connectivity index (χ2n) is 7.31. The Kier molecular flexibility index (Phi) is 12.1. The van der Waals surface area contributed by atoms with Gasteiger partial charge in [-0.25, -0.2) is 0 Å². The minimum Gasteiger partial charge on any atom is -0.490 e. The smallest absolute Gasteiger partial charge is 0.228 e. The molecule has 0 fully saturated rings. The molecule has 4 nitrogen and oxygen atoms in total. The van der Waals surface area contributed by atoms with E-state index in [0.717, 1.165) is 22.6 Å². The van der Waals surface area contributed by atoms with Crippen LogP contribution < -0.4 is 10.1 Å². The van der Waals surface area contributed by atoms with Gasteiger partial charge in [0.25, 0.3) is 0 Å². The number of benzene rings is 2. The molecule has 32 heavy (non-hydrogen) atoms. The Bertz CT molecular complexity index is 947. The largest absolute Gasteiger partial charge is 0.490 e. The first kappa shape index (κ1) is 26.6. The van der Waals surface area contributed by atoms with Gasteiger partial charge in [0.2, 0.25) is 5.91 Å². The molecule has 1 unspecified atom stereocenters. The van der Waals surface area contributed by atoms with Gasteiger partial charge in [0, 0.05) is 18.1 Å². The second-order valence-corrected chi connectivity index (χ2v) is 7.31. The van der Waals surface area contributed by atoms with Crippen LogP contribution in [0.2, 0.25) is 0 Å². The monoisotopic (exact) mass is 432 g/mol. The van der Waals surface area contributed by atoms with Crippen LogP contribution in [0.25, 0.3) is 5.57 Å². The molecule has 3 rings (SSSR count). The quantitative estimate of drug-likeness (QED) is 0.446. The van der Waals surface area contributed by atoms with Gasteiger partial charge in [-0.15, -0.1) is 0 Å². The lowest BCUT2D eigenvalue weighted by Crippen LogP contribution is -2.22. The molecule has 1 aromatic heterocycles. The maximum absolute atomic E-state index is 12.1. The van der Waals surface area contributed by atoms with Crippen molar-refractivity contribution in [1.29, 1.82) is 0 Å². The molecule has 0 bridgehead atoms. The zero-order valence-electron chi connectivity index (χ0n) is 20.2. The molecule has 0 aliphatic rings. The van der Waals surface area contributed by atoms with E-state index in [-0.39, 0.29) is 12.0 Å². The number of pyridine rings is 1. The van der Waals surface area contributed by atoms with Gasteiger partial charge in [-0.1, -0.05) is 56.3 Å². The number of anilines is 1. The average Bonchev–Trinajstić information content (AvgIpc) is 2.78. The third-order valence-electron chi connectivity index (χ3n) is 4.49. The highest BCUT2D eigenvalue weighted by Crippen LogP contribution is 2.18. The number of nitrogens with zero attached hydrogens (tertiary/aromatic N) is 1. The van der Waals surface area contributed by atoms with Gasteiger partial charge in [-0.2, -0.15) is 0 Å². The van der Waals surface area contributed by atoms with Gasteiger partial charge in [-0.3, -0.25) is 9.78 Å². The Morgan fingerprint density at radius 2 is 1.72 bits per heavy atom. The highest BCUT2D eigenvalue weighted by atomic mass is 16.5. The van der Waals surface area contributed by atoms with Crippen LogP contribution in [0.3, 0.4) is 0 Å². The number of ether oxygens (including phenoxy) is 1. The maximum atomic E-state index is 12.1. The average molecular weight is 433 g/mol. The molecule has 1 amide bonds. The molecule has 3 aromatic rings. The van der Waals surface area contributed by atoms with Crippen LogP contribution in [0.4, 0.5) is 5.69 Å². The van der Waals surface area contributed by atoms with Crippen molar-refractivity contribution in [2.45, 2.75) is 54.1 Å². The van der Waals surface area contributed by atoms with Crippen molar-refractivity contribution in [3.63, 3.8) is 0 Å². The summed E-state index contributed by atoms with van der Waals surface area (Å²) in [6.07, 6.45) is 3.79. The summed E-state index contributed by atoms with van der Waals surface area (Å²) >= 11 is 0. The molecular weight excluding hydrogens is 396 g/mol. The lowest BCUT2D eigenvalue weighted by Gasteiger charge is -2.14. The van der Waals surface area contributed by atoms with Gasteiger partial charge >= 0.3 is 0 Å². The van der Waals surface area contributed by atoms with Gasteiger partial charge in [0.1, 0.15) is 11.9 Å². The standard InChI is InChI=1S/C19H21NO2.C7H9N.C2H6/c1-14(2)16-8-7-9-17(13-16)20-19(21)12-15(3)22-18-10-5-4-6-11-18;1-6-3-4-8-5-7(6)2;1-2/h4-11,13,15H,1,12H2,2-3H3,(H,20,21);3-5H,1-2H3;1-2H3. The lowest BCUT2D eigenvalue weighted by molar-refractivity contribution is -0.117. The van der Waals surface area contributed by atoms with E-state index in [4.69, 9.17) is 4.74 Å². The van der Waals surface area contributed by atoms with E-state index in [9.17, 15) is 4.79 Å². The first-order valence-corrected chi connectivity index (χ1v) is 11.0. The molecule has 1 heterocycles. The number of hydrogen-bond donors (Lipinski definition) is 1. The van der Waals surface area contributed by atoms with E-state index < -0.39 is 0 Å². The van der Waals surface area contributed by atoms with Crippen molar-refractivity contribution >= 4 is 17.2 Å². The van der Waals surface area contributed by atoms with Gasteiger partial charge in [-0.05, 0) is 74.7 Å². The number of carbonyl (C=O) groups excluding carboxylic acids is 1. The Morgan fingerprint density at radius 3 is 2.28 bits per heavy atom. The van der Waals surface area contributed by atoms with Gasteiger partial charge < -0.3 is 10.1 Å². The zero-order chi connectivity index (χ0) is 23.9. The van der Waals surface area contributed by atoms with E-state index in [0.29, 0.717) is 6.42 Å². The summed E-state index contributed by atoms with van der Waals surface area (Å²) in [6, 6.07) is 19.2. The predicted octanol–water partition coefficient (Wildman–Crippen LogP) is 7.24. The van der Waals surface area contributed by atoms with Crippen LogP contribution in [-0.4, -0.2) is 17.0 Å². The molecule has 2 aromatic carbocycles. The fourth-order valence-corrected chi connectivity index (χ4v) is 2.65. The number of aryl methyl sites for hydroxylation is 2. The van der Waals surface area contributed by atoms with Crippen LogP contribution in [0.1, 0.15) is 50.8 Å². The van der Waals surface area contributed by atoms with Crippen LogP contribution in [0.15, 0.2) is 79.6 Å².